The molecule has 2 amide bonds. The second-order valence-corrected chi connectivity index (χ2v) is 5.30. The lowest BCUT2D eigenvalue weighted by Gasteiger charge is -2.24. The number of carbonyl (C=O) groups is 1. The Kier molecular flexibility index (Phi) is 4.89. The molecule has 25 heavy (non-hydrogen) atoms. The van der Waals surface area contributed by atoms with Crippen LogP contribution in [0.3, 0.4) is 0 Å². The number of primary amides is 1. The molecule has 126 valence electrons. The largest absolute Gasteiger partial charge is 0.351 e. The molecule has 0 bridgehead atoms. The van der Waals surface area contributed by atoms with E-state index in [0.717, 1.165) is 5.69 Å². The first-order valence-electron chi connectivity index (χ1n) is 8.01. The van der Waals surface area contributed by atoms with Gasteiger partial charge in [-0.25, -0.2) is 14.7 Å². The molecule has 6 heteroatoms. The Bertz CT molecular complexity index is 839. The van der Waals surface area contributed by atoms with Gasteiger partial charge in [0, 0.05) is 24.5 Å². The topological polar surface area (TPSA) is 75.3 Å². The average molecular weight is 333 g/mol. The summed E-state index contributed by atoms with van der Waals surface area (Å²) in [6, 6.07) is 20.1. The van der Waals surface area contributed by atoms with Crippen LogP contribution >= 0.6 is 0 Å². The number of aromatic nitrogens is 2. The molecule has 0 saturated heterocycles. The average Bonchev–Trinajstić information content (AvgIpc) is 2.64. The summed E-state index contributed by atoms with van der Waals surface area (Å²) in [5.41, 5.74) is 7.22. The van der Waals surface area contributed by atoms with E-state index in [0.29, 0.717) is 24.0 Å². The molecule has 0 saturated carbocycles. The van der Waals surface area contributed by atoms with Crippen LogP contribution in [-0.4, -0.2) is 22.5 Å². The predicted octanol–water partition coefficient (Wildman–Crippen LogP) is 3.85. The van der Waals surface area contributed by atoms with Gasteiger partial charge in [-0.2, -0.15) is 4.98 Å². The van der Waals surface area contributed by atoms with Crippen LogP contribution in [0.4, 0.5) is 27.9 Å². The summed E-state index contributed by atoms with van der Waals surface area (Å²) in [5, 5.41) is 0. The highest BCUT2D eigenvalue weighted by molar-refractivity contribution is 5.97. The maximum absolute atomic E-state index is 12.0. The Labute approximate surface area is 146 Å². The lowest BCUT2D eigenvalue weighted by molar-refractivity contribution is 0.256. The monoisotopic (exact) mass is 333 g/mol. The summed E-state index contributed by atoms with van der Waals surface area (Å²) in [4.78, 5) is 24.2. The van der Waals surface area contributed by atoms with Crippen molar-refractivity contribution in [1.82, 2.24) is 9.97 Å². The first-order chi connectivity index (χ1) is 12.2. The van der Waals surface area contributed by atoms with Gasteiger partial charge < -0.3 is 10.6 Å². The van der Waals surface area contributed by atoms with Crippen molar-refractivity contribution in [3.05, 3.63) is 72.9 Å². The number of hydrogen-bond donors (Lipinski definition) is 1. The zero-order valence-electron chi connectivity index (χ0n) is 13.9. The summed E-state index contributed by atoms with van der Waals surface area (Å²) in [6.45, 7) is 2.71. The third-order valence-electron chi connectivity index (χ3n) is 3.72. The third-order valence-corrected chi connectivity index (χ3v) is 3.72. The maximum atomic E-state index is 12.0. The number of urea groups is 1. The van der Waals surface area contributed by atoms with Crippen LogP contribution in [0, 0.1) is 0 Å². The van der Waals surface area contributed by atoms with E-state index in [2.05, 4.69) is 9.97 Å². The van der Waals surface area contributed by atoms with Gasteiger partial charge in [-0.3, -0.25) is 0 Å². The minimum Gasteiger partial charge on any atom is -0.351 e. The van der Waals surface area contributed by atoms with E-state index in [4.69, 9.17) is 5.73 Å². The molecule has 6 nitrogen and oxygen atoms in total. The minimum atomic E-state index is -0.599. The number of benzene rings is 2. The van der Waals surface area contributed by atoms with Crippen LogP contribution in [0.2, 0.25) is 0 Å². The Morgan fingerprint density at radius 3 is 2.12 bits per heavy atom. The van der Waals surface area contributed by atoms with Gasteiger partial charge in [0.1, 0.15) is 5.82 Å². The molecule has 3 aromatic rings. The van der Waals surface area contributed by atoms with E-state index in [1.54, 1.807) is 24.4 Å². The molecule has 0 radical (unpaired) electrons. The first kappa shape index (κ1) is 16.4. The van der Waals surface area contributed by atoms with Crippen molar-refractivity contribution in [2.24, 2.45) is 5.73 Å². The van der Waals surface area contributed by atoms with Gasteiger partial charge in [0.25, 0.3) is 0 Å². The number of nitrogens with two attached hydrogens (primary N) is 1. The van der Waals surface area contributed by atoms with E-state index in [1.807, 2.05) is 60.4 Å². The fraction of sp³-hybridized carbons (Fsp3) is 0.105. The van der Waals surface area contributed by atoms with Crippen molar-refractivity contribution in [3.8, 4) is 0 Å². The fourth-order valence-corrected chi connectivity index (χ4v) is 2.59. The SMILES string of the molecule is CCN(c1ccccc1)c1nccc(N(C(N)=O)c2ccccc2)n1. The maximum Gasteiger partial charge on any atom is 0.325 e. The molecular formula is C19H19N5O. The van der Waals surface area contributed by atoms with Gasteiger partial charge >= 0.3 is 6.03 Å². The van der Waals surface area contributed by atoms with Gasteiger partial charge in [-0.05, 0) is 31.2 Å². The van der Waals surface area contributed by atoms with Crippen molar-refractivity contribution in [3.63, 3.8) is 0 Å². The number of anilines is 4. The standard InChI is InChI=1S/C19H19N5O/c1-2-23(15-9-5-3-6-10-15)19-21-14-13-17(22-19)24(18(20)25)16-11-7-4-8-12-16/h3-14H,2H2,1H3,(H2,20,25). The Morgan fingerprint density at radius 2 is 1.56 bits per heavy atom. The van der Waals surface area contributed by atoms with Crippen LogP contribution < -0.4 is 15.5 Å². The van der Waals surface area contributed by atoms with Crippen LogP contribution in [0.15, 0.2) is 72.9 Å². The van der Waals surface area contributed by atoms with Crippen molar-refractivity contribution in [2.75, 3.05) is 16.3 Å². The molecule has 0 aliphatic rings. The molecular weight excluding hydrogens is 314 g/mol. The molecule has 0 aliphatic heterocycles. The summed E-state index contributed by atoms with van der Waals surface area (Å²) < 4.78 is 0. The highest BCUT2D eigenvalue weighted by atomic mass is 16.2. The number of para-hydroxylation sites is 2. The summed E-state index contributed by atoms with van der Waals surface area (Å²) in [7, 11) is 0. The van der Waals surface area contributed by atoms with E-state index < -0.39 is 6.03 Å². The Hall–Kier alpha value is -3.41. The van der Waals surface area contributed by atoms with E-state index in [9.17, 15) is 4.79 Å². The first-order valence-corrected chi connectivity index (χ1v) is 8.01. The normalized spacial score (nSPS) is 10.3. The molecule has 0 spiro atoms. The Balaban J connectivity index is 2.01. The van der Waals surface area contributed by atoms with E-state index >= 15 is 0 Å². The fourth-order valence-electron chi connectivity index (χ4n) is 2.59. The molecule has 1 heterocycles. The van der Waals surface area contributed by atoms with Crippen molar-refractivity contribution < 1.29 is 4.79 Å². The van der Waals surface area contributed by atoms with Gasteiger partial charge in [-0.15, -0.1) is 0 Å². The lowest BCUT2D eigenvalue weighted by atomic mass is 10.3. The third kappa shape index (κ3) is 3.58. The molecule has 0 aliphatic carbocycles. The predicted molar refractivity (Wildman–Crippen MR) is 99.3 cm³/mol. The second kappa shape index (κ2) is 7.44. The van der Waals surface area contributed by atoms with Crippen LogP contribution in [0.25, 0.3) is 0 Å². The molecule has 2 aromatic carbocycles. The van der Waals surface area contributed by atoms with Gasteiger partial charge in [0.05, 0.1) is 5.69 Å². The number of carbonyl (C=O) groups excluding carboxylic acids is 1. The number of nitrogens with zero attached hydrogens (tertiary/aromatic N) is 4. The number of amides is 2. The van der Waals surface area contributed by atoms with Gasteiger partial charge in [0.15, 0.2) is 0 Å². The second-order valence-electron chi connectivity index (χ2n) is 5.30. The highest BCUT2D eigenvalue weighted by Crippen LogP contribution is 2.26. The molecule has 0 atom stereocenters. The van der Waals surface area contributed by atoms with Crippen LogP contribution in [0.5, 0.6) is 0 Å². The van der Waals surface area contributed by atoms with Crippen LogP contribution in [0.1, 0.15) is 6.92 Å². The molecule has 1 aromatic heterocycles. The van der Waals surface area contributed by atoms with Crippen LogP contribution in [-0.2, 0) is 0 Å². The quantitative estimate of drug-likeness (QED) is 0.769. The summed E-state index contributed by atoms with van der Waals surface area (Å²) >= 11 is 0. The molecule has 2 N–H and O–H groups in total. The van der Waals surface area contributed by atoms with E-state index in [-0.39, 0.29) is 0 Å². The number of rotatable bonds is 5. The lowest BCUT2D eigenvalue weighted by Crippen LogP contribution is -2.32. The van der Waals surface area contributed by atoms with Gasteiger partial charge in [-0.1, -0.05) is 36.4 Å². The summed E-state index contributed by atoms with van der Waals surface area (Å²) in [6.07, 6.45) is 1.63. The summed E-state index contributed by atoms with van der Waals surface area (Å²) in [5.74, 6) is 0.937. The Morgan fingerprint density at radius 1 is 0.960 bits per heavy atom. The molecule has 0 fully saturated rings. The highest BCUT2D eigenvalue weighted by Gasteiger charge is 2.18. The zero-order chi connectivity index (χ0) is 17.6. The van der Waals surface area contributed by atoms with Crippen molar-refractivity contribution in [2.45, 2.75) is 6.92 Å². The van der Waals surface area contributed by atoms with Crippen molar-refractivity contribution in [1.29, 1.82) is 0 Å². The smallest absolute Gasteiger partial charge is 0.325 e. The van der Waals surface area contributed by atoms with E-state index in [1.165, 1.54) is 4.90 Å². The van der Waals surface area contributed by atoms with Gasteiger partial charge in [0.2, 0.25) is 5.95 Å². The van der Waals surface area contributed by atoms with Crippen molar-refractivity contribution >= 4 is 29.2 Å². The minimum absolute atomic E-state index is 0.429. The molecule has 3 rings (SSSR count). The zero-order valence-corrected chi connectivity index (χ0v) is 13.9. The molecule has 0 unspecified atom stereocenters. The number of hydrogen-bond acceptors (Lipinski definition) is 4.